The van der Waals surface area contributed by atoms with Gasteiger partial charge in [-0.2, -0.15) is 5.10 Å². The number of nitrogens with zero attached hydrogens (tertiary/aromatic N) is 7. The third-order valence-electron chi connectivity index (χ3n) is 6.52. The molecule has 1 aliphatic rings. The maximum atomic E-state index is 13.4. The minimum absolute atomic E-state index is 0.00257. The molecule has 0 saturated carbocycles. The molecular formula is C27H25N7O2. The van der Waals surface area contributed by atoms with E-state index in [-0.39, 0.29) is 5.91 Å². The first-order valence-electron chi connectivity index (χ1n) is 11.9. The highest BCUT2D eigenvalue weighted by Crippen LogP contribution is 2.29. The van der Waals surface area contributed by atoms with Crippen LogP contribution in [0.2, 0.25) is 0 Å². The first-order chi connectivity index (χ1) is 17.6. The van der Waals surface area contributed by atoms with E-state index in [1.165, 1.54) is 0 Å². The molecule has 0 spiro atoms. The Bertz CT molecular complexity index is 1550. The van der Waals surface area contributed by atoms with Crippen molar-refractivity contribution in [1.29, 1.82) is 0 Å². The van der Waals surface area contributed by atoms with E-state index in [9.17, 15) is 4.79 Å². The van der Waals surface area contributed by atoms with E-state index in [2.05, 4.69) is 25.1 Å². The number of aryl methyl sites for hydroxylation is 2. The molecule has 1 aliphatic heterocycles. The average Bonchev–Trinajstić information content (AvgIpc) is 3.50. The number of piperazine rings is 1. The molecule has 0 aliphatic carbocycles. The SMILES string of the molecule is Cc1cc(C)n(-c2cc(N3CCN(C(=O)c4ccc5noc(-c6ccccc6)c5c4)CC3)ncn2)n1. The second-order valence-electron chi connectivity index (χ2n) is 8.96. The number of aromatic nitrogens is 5. The van der Waals surface area contributed by atoms with Crippen molar-refractivity contribution in [2.45, 2.75) is 13.8 Å². The maximum absolute atomic E-state index is 13.4. The van der Waals surface area contributed by atoms with Gasteiger partial charge in [0.25, 0.3) is 5.91 Å². The lowest BCUT2D eigenvalue weighted by atomic mass is 10.1. The maximum Gasteiger partial charge on any atom is 0.254 e. The van der Waals surface area contributed by atoms with Gasteiger partial charge < -0.3 is 14.3 Å². The van der Waals surface area contributed by atoms with E-state index in [0.717, 1.165) is 39.5 Å². The molecule has 3 aromatic heterocycles. The Hall–Kier alpha value is -4.53. The predicted octanol–water partition coefficient (Wildman–Crippen LogP) is 4.05. The zero-order valence-corrected chi connectivity index (χ0v) is 20.1. The third kappa shape index (κ3) is 3.98. The van der Waals surface area contributed by atoms with Gasteiger partial charge in [0.15, 0.2) is 11.6 Å². The molecule has 1 saturated heterocycles. The summed E-state index contributed by atoms with van der Waals surface area (Å²) < 4.78 is 7.42. The van der Waals surface area contributed by atoms with E-state index in [1.54, 1.807) is 6.33 Å². The van der Waals surface area contributed by atoms with Gasteiger partial charge in [0.2, 0.25) is 0 Å². The number of carbonyl (C=O) groups excluding carboxylic acids is 1. The van der Waals surface area contributed by atoms with Crippen molar-refractivity contribution < 1.29 is 9.32 Å². The zero-order chi connectivity index (χ0) is 24.6. The van der Waals surface area contributed by atoms with Crippen LogP contribution in [0.3, 0.4) is 0 Å². The Kier molecular flexibility index (Phi) is 5.44. The summed E-state index contributed by atoms with van der Waals surface area (Å²) >= 11 is 0. The van der Waals surface area contributed by atoms with Crippen molar-refractivity contribution in [3.05, 3.63) is 83.9 Å². The lowest BCUT2D eigenvalue weighted by Gasteiger charge is -2.35. The second kappa shape index (κ2) is 8.92. The van der Waals surface area contributed by atoms with Crippen molar-refractivity contribution in [3.8, 4) is 17.1 Å². The molecule has 0 radical (unpaired) electrons. The van der Waals surface area contributed by atoms with Gasteiger partial charge in [-0.3, -0.25) is 4.79 Å². The van der Waals surface area contributed by atoms with Gasteiger partial charge in [0.1, 0.15) is 17.7 Å². The predicted molar refractivity (Wildman–Crippen MR) is 136 cm³/mol. The Morgan fingerprint density at radius 2 is 1.67 bits per heavy atom. The standard InChI is InChI=1S/C27H25N7O2/c1-18-14-19(2)34(30-18)25-16-24(28-17-29-25)32-10-12-33(13-11-32)27(35)21-8-9-23-22(15-21)26(36-31-23)20-6-4-3-5-7-20/h3-9,14-17H,10-13H2,1-2H3. The third-order valence-corrected chi connectivity index (χ3v) is 6.52. The molecule has 1 amide bonds. The molecular weight excluding hydrogens is 454 g/mol. The van der Waals surface area contributed by atoms with E-state index in [4.69, 9.17) is 4.52 Å². The fraction of sp³-hybridized carbons (Fsp3) is 0.222. The number of carbonyl (C=O) groups is 1. The lowest BCUT2D eigenvalue weighted by molar-refractivity contribution is 0.0746. The molecule has 0 bridgehead atoms. The topological polar surface area (TPSA) is 93.2 Å². The highest BCUT2D eigenvalue weighted by atomic mass is 16.5. The quantitative estimate of drug-likeness (QED) is 0.384. The van der Waals surface area contributed by atoms with Crippen LogP contribution in [0.15, 0.2) is 71.5 Å². The summed E-state index contributed by atoms with van der Waals surface area (Å²) in [6, 6.07) is 19.3. The minimum Gasteiger partial charge on any atom is -0.355 e. The van der Waals surface area contributed by atoms with Crippen molar-refractivity contribution in [1.82, 2.24) is 29.8 Å². The molecule has 0 atom stereocenters. The van der Waals surface area contributed by atoms with Crippen LogP contribution in [0.1, 0.15) is 21.7 Å². The number of benzene rings is 2. The van der Waals surface area contributed by atoms with Crippen molar-refractivity contribution in [3.63, 3.8) is 0 Å². The summed E-state index contributed by atoms with van der Waals surface area (Å²) in [6.45, 7) is 6.54. The van der Waals surface area contributed by atoms with Crippen LogP contribution in [0, 0.1) is 13.8 Å². The number of fused-ring (bicyclic) bond motifs is 1. The Morgan fingerprint density at radius 1 is 0.889 bits per heavy atom. The van der Waals surface area contributed by atoms with Gasteiger partial charge in [-0.15, -0.1) is 0 Å². The van der Waals surface area contributed by atoms with Gasteiger partial charge in [-0.05, 0) is 38.1 Å². The molecule has 4 heterocycles. The van der Waals surface area contributed by atoms with Gasteiger partial charge in [-0.1, -0.05) is 35.5 Å². The highest BCUT2D eigenvalue weighted by molar-refractivity contribution is 6.01. The van der Waals surface area contributed by atoms with Crippen LogP contribution in [-0.2, 0) is 0 Å². The molecule has 6 rings (SSSR count). The number of hydrogen-bond acceptors (Lipinski definition) is 7. The summed E-state index contributed by atoms with van der Waals surface area (Å²) in [5.41, 5.74) is 4.26. The van der Waals surface area contributed by atoms with Crippen LogP contribution < -0.4 is 4.90 Å². The monoisotopic (exact) mass is 479 g/mol. The van der Waals surface area contributed by atoms with Crippen LogP contribution in [-0.4, -0.2) is 61.9 Å². The molecule has 180 valence electrons. The Labute approximate surface area is 208 Å². The van der Waals surface area contributed by atoms with Crippen LogP contribution in [0.4, 0.5) is 5.82 Å². The van der Waals surface area contributed by atoms with Gasteiger partial charge >= 0.3 is 0 Å². The van der Waals surface area contributed by atoms with Crippen molar-refractivity contribution in [2.75, 3.05) is 31.1 Å². The largest absolute Gasteiger partial charge is 0.355 e. The number of rotatable bonds is 4. The van der Waals surface area contributed by atoms with Gasteiger partial charge in [0.05, 0.1) is 11.1 Å². The van der Waals surface area contributed by atoms with Crippen molar-refractivity contribution >= 4 is 22.6 Å². The van der Waals surface area contributed by atoms with E-state index in [1.807, 2.05) is 84.1 Å². The molecule has 5 aromatic rings. The molecule has 9 heteroatoms. The second-order valence-corrected chi connectivity index (χ2v) is 8.96. The smallest absolute Gasteiger partial charge is 0.254 e. The lowest BCUT2D eigenvalue weighted by Crippen LogP contribution is -2.49. The molecule has 9 nitrogen and oxygen atoms in total. The first-order valence-corrected chi connectivity index (χ1v) is 11.9. The van der Waals surface area contributed by atoms with E-state index < -0.39 is 0 Å². The average molecular weight is 480 g/mol. The van der Waals surface area contributed by atoms with Crippen molar-refractivity contribution in [2.24, 2.45) is 0 Å². The molecule has 36 heavy (non-hydrogen) atoms. The Morgan fingerprint density at radius 3 is 2.42 bits per heavy atom. The number of anilines is 1. The van der Waals surface area contributed by atoms with Crippen LogP contribution >= 0.6 is 0 Å². The molecule has 0 unspecified atom stereocenters. The molecule has 1 fully saturated rings. The summed E-state index contributed by atoms with van der Waals surface area (Å²) in [5.74, 6) is 2.24. The minimum atomic E-state index is 0.00257. The van der Waals surface area contributed by atoms with E-state index >= 15 is 0 Å². The molecule has 0 N–H and O–H groups in total. The summed E-state index contributed by atoms with van der Waals surface area (Å²) in [4.78, 5) is 26.3. The van der Waals surface area contributed by atoms with Crippen LogP contribution in [0.5, 0.6) is 0 Å². The fourth-order valence-electron chi connectivity index (χ4n) is 4.68. The normalized spacial score (nSPS) is 13.9. The fourth-order valence-corrected chi connectivity index (χ4v) is 4.68. The molecule has 2 aromatic carbocycles. The van der Waals surface area contributed by atoms with Gasteiger partial charge in [0, 0.05) is 49.1 Å². The van der Waals surface area contributed by atoms with E-state index in [0.29, 0.717) is 37.5 Å². The number of hydrogen-bond donors (Lipinski definition) is 0. The number of amides is 1. The van der Waals surface area contributed by atoms with Gasteiger partial charge in [-0.25, -0.2) is 14.6 Å². The first kappa shape index (κ1) is 22.0. The summed E-state index contributed by atoms with van der Waals surface area (Å²) in [5, 5.41) is 9.52. The Balaban J connectivity index is 1.18. The highest BCUT2D eigenvalue weighted by Gasteiger charge is 2.24. The zero-order valence-electron chi connectivity index (χ0n) is 20.1. The summed E-state index contributed by atoms with van der Waals surface area (Å²) in [6.07, 6.45) is 1.57. The van der Waals surface area contributed by atoms with Crippen LogP contribution in [0.25, 0.3) is 28.0 Å². The summed E-state index contributed by atoms with van der Waals surface area (Å²) in [7, 11) is 0.